The van der Waals surface area contributed by atoms with Gasteiger partial charge in [-0.1, -0.05) is 0 Å². The predicted molar refractivity (Wildman–Crippen MR) is 67.3 cm³/mol. The largest absolute Gasteiger partial charge is 0.444 e. The molecule has 0 heterocycles. The van der Waals surface area contributed by atoms with Crippen LogP contribution in [0.25, 0.3) is 0 Å². The van der Waals surface area contributed by atoms with Gasteiger partial charge in [-0.05, 0) is 40.0 Å². The molecule has 5 heteroatoms. The number of carbonyl (C=O) groups is 2. The summed E-state index contributed by atoms with van der Waals surface area (Å²) in [6.45, 7) is 8.55. The molecule has 0 aromatic rings. The first kappa shape index (κ1) is 15.0. The van der Waals surface area contributed by atoms with E-state index in [9.17, 15) is 9.59 Å². The van der Waals surface area contributed by atoms with E-state index >= 15 is 0 Å². The summed E-state index contributed by atoms with van der Waals surface area (Å²) >= 11 is 0. The average Bonchev–Trinajstić information content (AvgIpc) is 3.00. The van der Waals surface area contributed by atoms with Crippen molar-refractivity contribution in [3.8, 4) is 0 Å². The van der Waals surface area contributed by atoms with Crippen molar-refractivity contribution >= 4 is 11.9 Å². The molecule has 0 spiro atoms. The molecule has 0 aromatic carbocycles. The number of amides is 1. The normalized spacial score (nSPS) is 22.4. The lowest BCUT2D eigenvalue weighted by Crippen LogP contribution is -2.34. The van der Waals surface area contributed by atoms with E-state index in [-0.39, 0.29) is 24.2 Å². The zero-order chi connectivity index (χ0) is 13.8. The van der Waals surface area contributed by atoms with Gasteiger partial charge < -0.3 is 14.8 Å². The Balaban J connectivity index is 2.16. The van der Waals surface area contributed by atoms with Crippen molar-refractivity contribution in [2.75, 3.05) is 19.8 Å². The zero-order valence-electron chi connectivity index (χ0n) is 11.6. The lowest BCUT2D eigenvalue weighted by Gasteiger charge is -2.19. The summed E-state index contributed by atoms with van der Waals surface area (Å²) in [6, 6.07) is 0. The molecule has 1 N–H and O–H groups in total. The third-order valence-electron chi connectivity index (χ3n) is 2.69. The molecule has 1 aliphatic carbocycles. The Morgan fingerprint density at radius 1 is 1.33 bits per heavy atom. The van der Waals surface area contributed by atoms with E-state index in [0.29, 0.717) is 13.2 Å². The van der Waals surface area contributed by atoms with Gasteiger partial charge in [0.1, 0.15) is 12.2 Å². The Hall–Kier alpha value is -1.10. The van der Waals surface area contributed by atoms with Crippen LogP contribution in [-0.2, 0) is 14.3 Å². The molecule has 1 aliphatic rings. The summed E-state index contributed by atoms with van der Waals surface area (Å²) in [6.07, 6.45) is 0.409. The van der Waals surface area contributed by atoms with Crippen LogP contribution in [-0.4, -0.2) is 37.2 Å². The fraction of sp³-hybridized carbons (Fsp3) is 0.846. The molecule has 2 unspecified atom stereocenters. The molecule has 0 radical (unpaired) electrons. The minimum Gasteiger partial charge on any atom is -0.444 e. The zero-order valence-corrected chi connectivity index (χ0v) is 11.6. The topological polar surface area (TPSA) is 64.6 Å². The highest BCUT2D eigenvalue weighted by molar-refractivity contribution is 5.85. The van der Waals surface area contributed by atoms with Crippen LogP contribution in [0.15, 0.2) is 0 Å². The van der Waals surface area contributed by atoms with Crippen molar-refractivity contribution < 1.29 is 19.1 Å². The third kappa shape index (κ3) is 5.49. The highest BCUT2D eigenvalue weighted by Crippen LogP contribution is 2.38. The SMILES string of the molecule is CCOCC(=O)C1CC1CNC(=O)OC(C)(C)C. The van der Waals surface area contributed by atoms with E-state index in [4.69, 9.17) is 9.47 Å². The second-order valence-electron chi connectivity index (χ2n) is 5.59. The van der Waals surface area contributed by atoms with Crippen LogP contribution in [0.1, 0.15) is 34.1 Å². The second-order valence-corrected chi connectivity index (χ2v) is 5.59. The number of Topliss-reactive ketones (excluding diaryl/α,β-unsaturated/α-hetero) is 1. The first-order chi connectivity index (χ1) is 8.33. The van der Waals surface area contributed by atoms with Gasteiger partial charge in [0.25, 0.3) is 0 Å². The maximum Gasteiger partial charge on any atom is 0.407 e. The van der Waals surface area contributed by atoms with Gasteiger partial charge >= 0.3 is 6.09 Å². The summed E-state index contributed by atoms with van der Waals surface area (Å²) in [5.41, 5.74) is -0.488. The molecule has 1 fully saturated rings. The van der Waals surface area contributed by atoms with Crippen molar-refractivity contribution in [2.45, 2.75) is 39.7 Å². The quantitative estimate of drug-likeness (QED) is 0.787. The van der Waals surface area contributed by atoms with E-state index in [1.54, 1.807) is 0 Å². The van der Waals surface area contributed by atoms with Crippen LogP contribution in [0.3, 0.4) is 0 Å². The van der Waals surface area contributed by atoms with Crippen molar-refractivity contribution in [1.82, 2.24) is 5.32 Å². The molecule has 0 saturated heterocycles. The Morgan fingerprint density at radius 3 is 2.56 bits per heavy atom. The van der Waals surface area contributed by atoms with Gasteiger partial charge in [-0.15, -0.1) is 0 Å². The summed E-state index contributed by atoms with van der Waals surface area (Å²) in [5, 5.41) is 2.69. The summed E-state index contributed by atoms with van der Waals surface area (Å²) < 4.78 is 10.2. The van der Waals surface area contributed by atoms with Crippen LogP contribution < -0.4 is 5.32 Å². The summed E-state index contributed by atoms with van der Waals surface area (Å²) in [4.78, 5) is 23.0. The van der Waals surface area contributed by atoms with Gasteiger partial charge in [-0.2, -0.15) is 0 Å². The van der Waals surface area contributed by atoms with E-state index < -0.39 is 11.7 Å². The summed E-state index contributed by atoms with van der Waals surface area (Å²) in [7, 11) is 0. The number of nitrogens with one attached hydrogen (secondary N) is 1. The van der Waals surface area contributed by atoms with Crippen molar-refractivity contribution in [2.24, 2.45) is 11.8 Å². The Morgan fingerprint density at radius 2 is 2.00 bits per heavy atom. The minimum absolute atomic E-state index is 0.0477. The number of alkyl carbamates (subject to hydrolysis) is 1. The second kappa shape index (κ2) is 6.18. The van der Waals surface area contributed by atoms with E-state index in [1.807, 2.05) is 27.7 Å². The molecular formula is C13H23NO4. The molecule has 0 bridgehead atoms. The van der Waals surface area contributed by atoms with Crippen LogP contribution in [0.5, 0.6) is 0 Å². The highest BCUT2D eigenvalue weighted by atomic mass is 16.6. The highest BCUT2D eigenvalue weighted by Gasteiger charge is 2.42. The summed E-state index contributed by atoms with van der Waals surface area (Å²) in [5.74, 6) is 0.421. The molecule has 1 amide bonds. The van der Waals surface area contributed by atoms with Gasteiger partial charge in [-0.25, -0.2) is 4.79 Å². The Bertz CT molecular complexity index is 309. The molecular weight excluding hydrogens is 234 g/mol. The standard InChI is InChI=1S/C13H23NO4/c1-5-17-8-11(15)10-6-9(10)7-14-12(16)18-13(2,3)4/h9-10H,5-8H2,1-4H3,(H,14,16). The van der Waals surface area contributed by atoms with Crippen LogP contribution in [0.4, 0.5) is 4.79 Å². The third-order valence-corrected chi connectivity index (χ3v) is 2.69. The monoisotopic (exact) mass is 257 g/mol. The number of hydrogen-bond donors (Lipinski definition) is 1. The van der Waals surface area contributed by atoms with Crippen molar-refractivity contribution in [1.29, 1.82) is 0 Å². The molecule has 2 atom stereocenters. The van der Waals surface area contributed by atoms with Crippen LogP contribution in [0, 0.1) is 11.8 Å². The lowest BCUT2D eigenvalue weighted by molar-refractivity contribution is -0.124. The smallest absolute Gasteiger partial charge is 0.407 e. The number of ether oxygens (including phenoxy) is 2. The van der Waals surface area contributed by atoms with Gasteiger partial charge in [0, 0.05) is 19.1 Å². The Kier molecular flexibility index (Phi) is 5.14. The average molecular weight is 257 g/mol. The van der Waals surface area contributed by atoms with E-state index in [0.717, 1.165) is 6.42 Å². The molecule has 0 aliphatic heterocycles. The molecule has 0 aromatic heterocycles. The van der Waals surface area contributed by atoms with Gasteiger partial charge in [-0.3, -0.25) is 4.79 Å². The van der Waals surface area contributed by atoms with E-state index in [2.05, 4.69) is 5.32 Å². The molecule has 104 valence electrons. The predicted octanol–water partition coefficient (Wildman–Crippen LogP) is 1.75. The maximum absolute atomic E-state index is 11.6. The number of ketones is 1. The van der Waals surface area contributed by atoms with Crippen LogP contribution >= 0.6 is 0 Å². The molecule has 5 nitrogen and oxygen atoms in total. The fourth-order valence-electron chi connectivity index (χ4n) is 1.71. The van der Waals surface area contributed by atoms with E-state index in [1.165, 1.54) is 0 Å². The molecule has 1 saturated carbocycles. The van der Waals surface area contributed by atoms with Gasteiger partial charge in [0.05, 0.1) is 0 Å². The minimum atomic E-state index is -0.488. The molecule has 18 heavy (non-hydrogen) atoms. The van der Waals surface area contributed by atoms with Crippen molar-refractivity contribution in [3.63, 3.8) is 0 Å². The molecule has 1 rings (SSSR count). The number of carbonyl (C=O) groups excluding carboxylic acids is 2. The van der Waals surface area contributed by atoms with Crippen molar-refractivity contribution in [3.05, 3.63) is 0 Å². The van der Waals surface area contributed by atoms with Crippen LogP contribution in [0.2, 0.25) is 0 Å². The first-order valence-corrected chi connectivity index (χ1v) is 6.40. The number of hydrogen-bond acceptors (Lipinski definition) is 4. The first-order valence-electron chi connectivity index (χ1n) is 6.40. The Labute approximate surface area is 108 Å². The van der Waals surface area contributed by atoms with Gasteiger partial charge in [0.15, 0.2) is 5.78 Å². The maximum atomic E-state index is 11.6. The lowest BCUT2D eigenvalue weighted by atomic mass is 10.2. The number of rotatable bonds is 6. The van der Waals surface area contributed by atoms with Gasteiger partial charge in [0.2, 0.25) is 0 Å². The fourth-order valence-corrected chi connectivity index (χ4v) is 1.71.